The molecular formula is C16H23ClN2O. The summed E-state index contributed by atoms with van der Waals surface area (Å²) in [6, 6.07) is 6.08. The second-order valence-electron chi connectivity index (χ2n) is 6.20. The molecule has 0 spiro atoms. The van der Waals surface area contributed by atoms with Crippen LogP contribution in [0, 0.1) is 11.8 Å². The predicted molar refractivity (Wildman–Crippen MR) is 84.7 cm³/mol. The Morgan fingerprint density at radius 3 is 2.65 bits per heavy atom. The first-order valence-corrected chi connectivity index (χ1v) is 7.29. The zero-order valence-electron chi connectivity index (χ0n) is 12.2. The largest absolute Gasteiger partial charge is 0.384 e. The van der Waals surface area contributed by atoms with Crippen molar-refractivity contribution in [1.29, 1.82) is 0 Å². The van der Waals surface area contributed by atoms with E-state index in [9.17, 15) is 4.79 Å². The van der Waals surface area contributed by atoms with Gasteiger partial charge in [0.1, 0.15) is 0 Å². The minimum Gasteiger partial charge on any atom is -0.384 e. The van der Waals surface area contributed by atoms with Gasteiger partial charge >= 0.3 is 0 Å². The standard InChI is InChI=1S/C16H22N2O.ClH/c1-11-7-12(2)10-18(9-11)16(19)14-3-4-15-13(8-14)5-6-17-15;/h3-4,8,11-12,17H,5-7,9-10H2,1-2H3;1H. The van der Waals surface area contributed by atoms with E-state index in [2.05, 4.69) is 25.2 Å². The Kier molecular flexibility index (Phi) is 4.59. The fraction of sp³-hybridized carbons (Fsp3) is 0.562. The van der Waals surface area contributed by atoms with Gasteiger partial charge in [0.15, 0.2) is 0 Å². The lowest BCUT2D eigenvalue weighted by Gasteiger charge is -2.35. The van der Waals surface area contributed by atoms with Crippen LogP contribution in [-0.4, -0.2) is 30.4 Å². The maximum atomic E-state index is 12.6. The number of amides is 1. The van der Waals surface area contributed by atoms with Gasteiger partial charge in [-0.15, -0.1) is 12.4 Å². The molecule has 20 heavy (non-hydrogen) atoms. The van der Waals surface area contributed by atoms with Crippen LogP contribution in [0.5, 0.6) is 0 Å². The van der Waals surface area contributed by atoms with Crippen molar-refractivity contribution in [3.8, 4) is 0 Å². The van der Waals surface area contributed by atoms with Crippen LogP contribution in [0.3, 0.4) is 0 Å². The van der Waals surface area contributed by atoms with Crippen LogP contribution in [0.1, 0.15) is 36.2 Å². The first-order valence-electron chi connectivity index (χ1n) is 7.29. The van der Waals surface area contributed by atoms with Crippen molar-refractivity contribution in [2.75, 3.05) is 25.0 Å². The number of anilines is 1. The molecule has 3 rings (SSSR count). The molecule has 4 heteroatoms. The first-order chi connectivity index (χ1) is 9.13. The Bertz CT molecular complexity index is 493. The third kappa shape index (κ3) is 2.93. The normalized spacial score (nSPS) is 24.6. The van der Waals surface area contributed by atoms with Gasteiger partial charge in [-0.3, -0.25) is 4.79 Å². The summed E-state index contributed by atoms with van der Waals surface area (Å²) < 4.78 is 0. The van der Waals surface area contributed by atoms with Gasteiger partial charge in [-0.1, -0.05) is 13.8 Å². The summed E-state index contributed by atoms with van der Waals surface area (Å²) in [5.74, 6) is 1.43. The number of halogens is 1. The predicted octanol–water partition coefficient (Wildman–Crippen LogP) is 3.19. The van der Waals surface area contributed by atoms with Crippen molar-refractivity contribution < 1.29 is 4.79 Å². The molecule has 0 aromatic heterocycles. The van der Waals surface area contributed by atoms with E-state index in [0.29, 0.717) is 11.8 Å². The number of piperidine rings is 1. The van der Waals surface area contributed by atoms with Crippen LogP contribution >= 0.6 is 12.4 Å². The number of carbonyl (C=O) groups excluding carboxylic acids is 1. The molecule has 1 saturated heterocycles. The topological polar surface area (TPSA) is 32.3 Å². The van der Waals surface area contributed by atoms with Crippen LogP contribution in [0.15, 0.2) is 18.2 Å². The minimum absolute atomic E-state index is 0. The molecule has 0 aliphatic carbocycles. The van der Waals surface area contributed by atoms with Gasteiger partial charge in [-0.2, -0.15) is 0 Å². The first kappa shape index (κ1) is 15.2. The van der Waals surface area contributed by atoms with Crippen LogP contribution in [0.25, 0.3) is 0 Å². The number of benzene rings is 1. The number of nitrogens with one attached hydrogen (secondary N) is 1. The summed E-state index contributed by atoms with van der Waals surface area (Å²) in [5.41, 5.74) is 3.32. The summed E-state index contributed by atoms with van der Waals surface area (Å²) in [6.07, 6.45) is 2.27. The molecule has 1 aromatic rings. The average Bonchev–Trinajstić information content (AvgIpc) is 2.83. The molecule has 2 aliphatic heterocycles. The highest BCUT2D eigenvalue weighted by molar-refractivity contribution is 5.95. The highest BCUT2D eigenvalue weighted by atomic mass is 35.5. The monoisotopic (exact) mass is 294 g/mol. The zero-order valence-corrected chi connectivity index (χ0v) is 13.0. The smallest absolute Gasteiger partial charge is 0.253 e. The number of hydrogen-bond donors (Lipinski definition) is 1. The lowest BCUT2D eigenvalue weighted by atomic mass is 9.91. The molecule has 0 radical (unpaired) electrons. The number of hydrogen-bond acceptors (Lipinski definition) is 2. The maximum absolute atomic E-state index is 12.6. The summed E-state index contributed by atoms with van der Waals surface area (Å²) in [7, 11) is 0. The SMILES string of the molecule is CC1CC(C)CN(C(=O)c2ccc3c(c2)CCN3)C1.Cl. The second kappa shape index (κ2) is 6.04. The molecule has 1 aromatic carbocycles. The average molecular weight is 295 g/mol. The third-order valence-electron chi connectivity index (χ3n) is 4.22. The van der Waals surface area contributed by atoms with E-state index < -0.39 is 0 Å². The Balaban J connectivity index is 0.00000147. The fourth-order valence-corrected chi connectivity index (χ4v) is 3.45. The zero-order chi connectivity index (χ0) is 13.4. The van der Waals surface area contributed by atoms with Crippen LogP contribution in [0.2, 0.25) is 0 Å². The van der Waals surface area contributed by atoms with Gasteiger partial charge in [0.05, 0.1) is 0 Å². The lowest BCUT2D eigenvalue weighted by molar-refractivity contribution is 0.0623. The van der Waals surface area contributed by atoms with Gasteiger partial charge in [0.25, 0.3) is 5.91 Å². The molecule has 0 bridgehead atoms. The Hall–Kier alpha value is -1.22. The fourth-order valence-electron chi connectivity index (χ4n) is 3.45. The third-order valence-corrected chi connectivity index (χ3v) is 4.22. The van der Waals surface area contributed by atoms with E-state index in [4.69, 9.17) is 0 Å². The molecule has 110 valence electrons. The number of likely N-dealkylation sites (tertiary alicyclic amines) is 1. The Morgan fingerprint density at radius 1 is 1.25 bits per heavy atom. The second-order valence-corrected chi connectivity index (χ2v) is 6.20. The van der Waals surface area contributed by atoms with Crippen molar-refractivity contribution in [2.24, 2.45) is 11.8 Å². The lowest BCUT2D eigenvalue weighted by Crippen LogP contribution is -2.42. The van der Waals surface area contributed by atoms with Crippen molar-refractivity contribution >= 4 is 24.0 Å². The molecular weight excluding hydrogens is 272 g/mol. The van der Waals surface area contributed by atoms with Gasteiger partial charge < -0.3 is 10.2 Å². The number of fused-ring (bicyclic) bond motifs is 1. The van der Waals surface area contributed by atoms with E-state index in [1.165, 1.54) is 17.7 Å². The molecule has 2 aliphatic rings. The van der Waals surface area contributed by atoms with E-state index in [1.54, 1.807) is 0 Å². The molecule has 0 saturated carbocycles. The van der Waals surface area contributed by atoms with E-state index in [-0.39, 0.29) is 18.3 Å². The number of nitrogens with zero attached hydrogens (tertiary/aromatic N) is 1. The van der Waals surface area contributed by atoms with E-state index in [1.807, 2.05) is 17.0 Å². The van der Waals surface area contributed by atoms with Gasteiger partial charge in [-0.25, -0.2) is 0 Å². The van der Waals surface area contributed by atoms with Crippen molar-refractivity contribution in [3.63, 3.8) is 0 Å². The summed E-state index contributed by atoms with van der Waals surface area (Å²) >= 11 is 0. The van der Waals surface area contributed by atoms with Gasteiger partial charge in [0.2, 0.25) is 0 Å². The molecule has 2 heterocycles. The quantitative estimate of drug-likeness (QED) is 0.863. The maximum Gasteiger partial charge on any atom is 0.253 e. The summed E-state index contributed by atoms with van der Waals surface area (Å²) in [6.45, 7) is 7.27. The van der Waals surface area contributed by atoms with Gasteiger partial charge in [0, 0.05) is 30.9 Å². The Labute approximate surface area is 127 Å². The number of rotatable bonds is 1. The summed E-state index contributed by atoms with van der Waals surface area (Å²) in [4.78, 5) is 14.6. The van der Waals surface area contributed by atoms with E-state index in [0.717, 1.165) is 31.6 Å². The molecule has 2 atom stereocenters. The van der Waals surface area contributed by atoms with Crippen molar-refractivity contribution in [3.05, 3.63) is 29.3 Å². The van der Waals surface area contributed by atoms with Crippen LogP contribution < -0.4 is 5.32 Å². The highest BCUT2D eigenvalue weighted by Crippen LogP contribution is 2.26. The van der Waals surface area contributed by atoms with Crippen LogP contribution in [-0.2, 0) is 6.42 Å². The van der Waals surface area contributed by atoms with E-state index >= 15 is 0 Å². The minimum atomic E-state index is 0. The number of carbonyl (C=O) groups is 1. The molecule has 2 unspecified atom stereocenters. The highest BCUT2D eigenvalue weighted by Gasteiger charge is 2.26. The van der Waals surface area contributed by atoms with Crippen LogP contribution in [0.4, 0.5) is 5.69 Å². The molecule has 1 fully saturated rings. The molecule has 3 nitrogen and oxygen atoms in total. The molecule has 1 N–H and O–H groups in total. The Morgan fingerprint density at radius 2 is 1.95 bits per heavy atom. The van der Waals surface area contributed by atoms with Crippen molar-refractivity contribution in [2.45, 2.75) is 26.7 Å². The van der Waals surface area contributed by atoms with Crippen molar-refractivity contribution in [1.82, 2.24) is 4.90 Å². The van der Waals surface area contributed by atoms with Gasteiger partial charge in [-0.05, 0) is 48.4 Å². The summed E-state index contributed by atoms with van der Waals surface area (Å²) in [5, 5.41) is 3.33. The molecule has 1 amide bonds.